The molecule has 1 amide bonds. The number of ether oxygens (including phenoxy) is 2. The predicted molar refractivity (Wildman–Crippen MR) is 139 cm³/mol. The van der Waals surface area contributed by atoms with Crippen LogP contribution in [0.5, 0.6) is 5.75 Å². The third kappa shape index (κ3) is 4.09. The van der Waals surface area contributed by atoms with Crippen LogP contribution in [0, 0.1) is 6.92 Å². The van der Waals surface area contributed by atoms with Crippen molar-refractivity contribution in [3.05, 3.63) is 86.2 Å². The van der Waals surface area contributed by atoms with Gasteiger partial charge in [-0.2, -0.15) is 0 Å². The zero-order valence-electron chi connectivity index (χ0n) is 19.8. The molecule has 2 aromatic heterocycles. The van der Waals surface area contributed by atoms with Crippen LogP contribution in [-0.2, 0) is 9.53 Å². The van der Waals surface area contributed by atoms with Crippen LogP contribution in [-0.4, -0.2) is 42.0 Å². The standard InChI is InChI=1S/C26H19BrN2O7S/c1-12-23(25(33)35-3)37-26(28-12)29-19(13-7-9-15(27)10-8-13)18(21(31)24(29)32)20(30)17-11-14-5-4-6-16(34-2)22(14)36-17/h4-11,19,31H,1-3H3. The van der Waals surface area contributed by atoms with Gasteiger partial charge in [-0.25, -0.2) is 9.78 Å². The number of aliphatic hydroxyl groups is 1. The Bertz CT molecular complexity index is 1600. The van der Waals surface area contributed by atoms with Gasteiger partial charge in [-0.15, -0.1) is 0 Å². The highest BCUT2D eigenvalue weighted by Gasteiger charge is 2.47. The van der Waals surface area contributed by atoms with E-state index in [1.807, 2.05) is 0 Å². The van der Waals surface area contributed by atoms with Gasteiger partial charge in [0, 0.05) is 9.86 Å². The van der Waals surface area contributed by atoms with Gasteiger partial charge < -0.3 is 19.0 Å². The van der Waals surface area contributed by atoms with Crippen molar-refractivity contribution in [1.82, 2.24) is 4.98 Å². The van der Waals surface area contributed by atoms with E-state index in [4.69, 9.17) is 13.9 Å². The fourth-order valence-electron chi connectivity index (χ4n) is 4.20. The van der Waals surface area contributed by atoms with Gasteiger partial charge in [-0.05, 0) is 36.8 Å². The Morgan fingerprint density at radius 2 is 1.89 bits per heavy atom. The number of thiazole rings is 1. The second kappa shape index (κ2) is 9.49. The highest BCUT2D eigenvalue weighted by molar-refractivity contribution is 9.10. The topological polar surface area (TPSA) is 119 Å². The van der Waals surface area contributed by atoms with E-state index >= 15 is 0 Å². The second-order valence-electron chi connectivity index (χ2n) is 8.11. The summed E-state index contributed by atoms with van der Waals surface area (Å²) < 4.78 is 16.8. The van der Waals surface area contributed by atoms with Crippen LogP contribution >= 0.6 is 27.3 Å². The summed E-state index contributed by atoms with van der Waals surface area (Å²) in [5.41, 5.74) is 1.11. The van der Waals surface area contributed by atoms with Crippen LogP contribution in [0.2, 0.25) is 0 Å². The first-order valence-electron chi connectivity index (χ1n) is 10.9. The number of nitrogens with zero attached hydrogens (tertiary/aromatic N) is 2. The summed E-state index contributed by atoms with van der Waals surface area (Å²) in [7, 11) is 2.74. The maximum absolute atomic E-state index is 13.8. The first-order valence-corrected chi connectivity index (χ1v) is 12.5. The van der Waals surface area contributed by atoms with Crippen LogP contribution in [0.25, 0.3) is 11.0 Å². The lowest BCUT2D eigenvalue weighted by Crippen LogP contribution is -2.31. The van der Waals surface area contributed by atoms with Crippen molar-refractivity contribution in [2.75, 3.05) is 19.1 Å². The summed E-state index contributed by atoms with van der Waals surface area (Å²) in [6.45, 7) is 1.61. The van der Waals surface area contributed by atoms with Crippen molar-refractivity contribution in [1.29, 1.82) is 0 Å². The van der Waals surface area contributed by atoms with Crippen molar-refractivity contribution in [3.63, 3.8) is 0 Å². The number of carbonyl (C=O) groups excluding carboxylic acids is 3. The number of methoxy groups -OCH3 is 2. The molecule has 4 aromatic rings. The fraction of sp³-hybridized carbons (Fsp3) is 0.154. The third-order valence-electron chi connectivity index (χ3n) is 5.95. The van der Waals surface area contributed by atoms with Crippen LogP contribution in [0.1, 0.15) is 37.5 Å². The molecule has 188 valence electrons. The van der Waals surface area contributed by atoms with Gasteiger partial charge in [-0.1, -0.05) is 51.5 Å². The van der Waals surface area contributed by atoms with E-state index in [1.165, 1.54) is 25.2 Å². The minimum absolute atomic E-state index is 0.0663. The largest absolute Gasteiger partial charge is 0.503 e. The van der Waals surface area contributed by atoms with Crippen LogP contribution in [0.4, 0.5) is 5.13 Å². The fourth-order valence-corrected chi connectivity index (χ4v) is 5.48. The molecule has 1 unspecified atom stereocenters. The first kappa shape index (κ1) is 24.7. The number of rotatable bonds is 6. The summed E-state index contributed by atoms with van der Waals surface area (Å²) in [5.74, 6) is -2.44. The summed E-state index contributed by atoms with van der Waals surface area (Å²) in [6, 6.07) is 12.7. The number of esters is 1. The zero-order chi connectivity index (χ0) is 26.4. The number of aliphatic hydroxyl groups excluding tert-OH is 1. The molecule has 9 nitrogen and oxygen atoms in total. The summed E-state index contributed by atoms with van der Waals surface area (Å²) in [6.07, 6.45) is 0. The van der Waals surface area contributed by atoms with E-state index in [9.17, 15) is 19.5 Å². The molecule has 2 aromatic carbocycles. The Morgan fingerprint density at radius 1 is 1.16 bits per heavy atom. The molecule has 0 saturated carbocycles. The molecular formula is C26H19BrN2O7S. The minimum Gasteiger partial charge on any atom is -0.503 e. The van der Waals surface area contributed by atoms with Crippen molar-refractivity contribution < 1.29 is 33.4 Å². The second-order valence-corrected chi connectivity index (χ2v) is 10.0. The number of aryl methyl sites for hydroxylation is 1. The molecule has 3 heterocycles. The number of benzene rings is 2. The van der Waals surface area contributed by atoms with Gasteiger partial charge in [-0.3, -0.25) is 14.5 Å². The Kier molecular flexibility index (Phi) is 6.34. The highest BCUT2D eigenvalue weighted by atomic mass is 79.9. The summed E-state index contributed by atoms with van der Waals surface area (Å²) >= 11 is 4.33. The van der Waals surface area contributed by atoms with Crippen molar-refractivity contribution in [3.8, 4) is 5.75 Å². The van der Waals surface area contributed by atoms with E-state index in [0.717, 1.165) is 15.8 Å². The Morgan fingerprint density at radius 3 is 2.57 bits per heavy atom. The molecule has 1 atom stereocenters. The molecule has 11 heteroatoms. The number of halogens is 1. The van der Waals surface area contributed by atoms with Gasteiger partial charge in [0.25, 0.3) is 5.91 Å². The number of fused-ring (bicyclic) bond motifs is 1. The maximum atomic E-state index is 13.8. The molecule has 1 N–H and O–H groups in total. The van der Waals surface area contributed by atoms with Crippen LogP contribution in [0.3, 0.4) is 0 Å². The summed E-state index contributed by atoms with van der Waals surface area (Å²) in [4.78, 5) is 45.2. The average molecular weight is 583 g/mol. The van der Waals surface area contributed by atoms with Gasteiger partial charge in [0.05, 0.1) is 31.5 Å². The lowest BCUT2D eigenvalue weighted by Gasteiger charge is -2.24. The Balaban J connectivity index is 1.65. The molecule has 1 aliphatic heterocycles. The van der Waals surface area contributed by atoms with Gasteiger partial charge in [0.2, 0.25) is 5.78 Å². The van der Waals surface area contributed by atoms with Crippen LogP contribution < -0.4 is 9.64 Å². The molecule has 0 bridgehead atoms. The number of anilines is 1. The molecule has 37 heavy (non-hydrogen) atoms. The average Bonchev–Trinajstić information content (AvgIpc) is 3.57. The quantitative estimate of drug-likeness (QED) is 0.232. The summed E-state index contributed by atoms with van der Waals surface area (Å²) in [5, 5.41) is 11.8. The third-order valence-corrected chi connectivity index (χ3v) is 7.62. The van der Waals surface area contributed by atoms with E-state index < -0.39 is 29.5 Å². The minimum atomic E-state index is -1.03. The molecule has 0 fully saturated rings. The number of hydrogen-bond acceptors (Lipinski definition) is 9. The van der Waals surface area contributed by atoms with E-state index in [2.05, 4.69) is 20.9 Å². The predicted octanol–water partition coefficient (Wildman–Crippen LogP) is 5.54. The molecule has 0 saturated heterocycles. The van der Waals surface area contributed by atoms with Crippen molar-refractivity contribution in [2.45, 2.75) is 13.0 Å². The van der Waals surface area contributed by atoms with Gasteiger partial charge in [0.1, 0.15) is 4.88 Å². The normalized spacial score (nSPS) is 15.5. The zero-order valence-corrected chi connectivity index (χ0v) is 22.2. The number of furan rings is 1. The highest BCUT2D eigenvalue weighted by Crippen LogP contribution is 2.44. The maximum Gasteiger partial charge on any atom is 0.350 e. The van der Waals surface area contributed by atoms with Crippen molar-refractivity contribution >= 4 is 61.0 Å². The van der Waals surface area contributed by atoms with E-state index in [-0.39, 0.29) is 21.3 Å². The van der Waals surface area contributed by atoms with E-state index in [1.54, 1.807) is 49.4 Å². The van der Waals surface area contributed by atoms with Gasteiger partial charge in [0.15, 0.2) is 28.0 Å². The molecule has 0 aliphatic carbocycles. The van der Waals surface area contributed by atoms with Crippen LogP contribution in [0.15, 0.2) is 68.8 Å². The monoisotopic (exact) mass is 582 g/mol. The number of carbonyl (C=O) groups is 3. The number of Topliss-reactive ketones (excluding diaryl/α,β-unsaturated/α-hetero) is 1. The lowest BCUT2D eigenvalue weighted by atomic mass is 9.95. The number of amides is 1. The number of aromatic nitrogens is 1. The number of ketones is 1. The Hall–Kier alpha value is -3.96. The first-order chi connectivity index (χ1) is 17.7. The smallest absolute Gasteiger partial charge is 0.350 e. The van der Waals surface area contributed by atoms with Gasteiger partial charge >= 0.3 is 5.97 Å². The molecular weight excluding hydrogens is 564 g/mol. The molecule has 1 aliphatic rings. The molecule has 0 spiro atoms. The number of para-hydroxylation sites is 1. The SMILES string of the molecule is COC(=O)c1sc(N2C(=O)C(O)=C(C(=O)c3cc4cccc(OC)c4o3)C2c2ccc(Br)cc2)nc1C. The molecule has 5 rings (SSSR count). The molecule has 0 radical (unpaired) electrons. The van der Waals surface area contributed by atoms with E-state index in [0.29, 0.717) is 28.0 Å². The lowest BCUT2D eigenvalue weighted by molar-refractivity contribution is -0.117. The number of hydrogen-bond donors (Lipinski definition) is 1. The van der Waals surface area contributed by atoms with Crippen molar-refractivity contribution in [2.24, 2.45) is 0 Å². The Labute approximate surface area is 223 Å².